The molecule has 0 N–H and O–H groups in total. The van der Waals surface area contributed by atoms with Gasteiger partial charge in [-0.1, -0.05) is 23.0 Å². The number of hydrogen-bond acceptors (Lipinski definition) is 5. The van der Waals surface area contributed by atoms with Gasteiger partial charge in [-0.05, 0) is 39.0 Å². The monoisotopic (exact) mass is 366 g/mol. The molecular formula is C19H18N4O2S. The summed E-state index contributed by atoms with van der Waals surface area (Å²) in [5, 5.41) is 4.87. The largest absolute Gasteiger partial charge is 0.360 e. The van der Waals surface area contributed by atoms with E-state index in [1.54, 1.807) is 0 Å². The van der Waals surface area contributed by atoms with Gasteiger partial charge in [0, 0.05) is 29.2 Å². The summed E-state index contributed by atoms with van der Waals surface area (Å²) in [6, 6.07) is 9.68. The van der Waals surface area contributed by atoms with Gasteiger partial charge in [-0.3, -0.25) is 13.8 Å². The van der Waals surface area contributed by atoms with Crippen molar-refractivity contribution < 1.29 is 9.32 Å². The van der Waals surface area contributed by atoms with Gasteiger partial charge in [0.25, 0.3) is 0 Å². The predicted molar refractivity (Wildman–Crippen MR) is 100 cm³/mol. The van der Waals surface area contributed by atoms with E-state index in [1.165, 1.54) is 11.8 Å². The van der Waals surface area contributed by atoms with Crippen LogP contribution in [-0.2, 0) is 0 Å². The number of ketones is 1. The zero-order valence-electron chi connectivity index (χ0n) is 14.8. The number of fused-ring (bicyclic) bond motifs is 1. The van der Waals surface area contributed by atoms with Crippen LogP contribution < -0.4 is 0 Å². The number of rotatable bonds is 5. The van der Waals surface area contributed by atoms with Crippen LogP contribution in [0, 0.1) is 20.8 Å². The summed E-state index contributed by atoms with van der Waals surface area (Å²) in [4.78, 5) is 17.2. The fourth-order valence-corrected chi connectivity index (χ4v) is 3.94. The number of carbonyl (C=O) groups excluding carboxylic acids is 1. The van der Waals surface area contributed by atoms with Gasteiger partial charge in [-0.2, -0.15) is 0 Å². The molecule has 0 aromatic carbocycles. The average Bonchev–Trinajstić information content (AvgIpc) is 3.30. The summed E-state index contributed by atoms with van der Waals surface area (Å²) >= 11 is 1.44. The first-order valence-electron chi connectivity index (χ1n) is 8.25. The summed E-state index contributed by atoms with van der Waals surface area (Å²) in [6.07, 6.45) is 3.76. The highest BCUT2D eigenvalue weighted by Gasteiger charge is 2.19. The molecule has 4 aromatic heterocycles. The first-order valence-corrected chi connectivity index (χ1v) is 9.24. The number of thioether (sulfide) groups is 1. The average molecular weight is 366 g/mol. The third kappa shape index (κ3) is 2.84. The lowest BCUT2D eigenvalue weighted by Gasteiger charge is -2.05. The molecule has 26 heavy (non-hydrogen) atoms. The van der Waals surface area contributed by atoms with E-state index in [-0.39, 0.29) is 5.78 Å². The van der Waals surface area contributed by atoms with Crippen molar-refractivity contribution in [1.29, 1.82) is 0 Å². The number of aromatic nitrogens is 4. The molecule has 4 heterocycles. The summed E-state index contributed by atoms with van der Waals surface area (Å²) in [5.41, 5.74) is 3.54. The number of hydrogen-bond donors (Lipinski definition) is 0. The molecule has 0 saturated heterocycles. The van der Waals surface area contributed by atoms with E-state index in [1.807, 2.05) is 72.5 Å². The zero-order valence-corrected chi connectivity index (χ0v) is 15.6. The Hall–Kier alpha value is -2.80. The van der Waals surface area contributed by atoms with Gasteiger partial charge in [0.2, 0.25) is 0 Å². The van der Waals surface area contributed by atoms with Crippen LogP contribution in [0.4, 0.5) is 0 Å². The quantitative estimate of drug-likeness (QED) is 0.394. The van der Waals surface area contributed by atoms with E-state index in [0.717, 1.165) is 27.8 Å². The molecular weight excluding hydrogens is 348 g/mol. The van der Waals surface area contributed by atoms with Crippen molar-refractivity contribution in [2.45, 2.75) is 25.9 Å². The molecule has 0 saturated carbocycles. The minimum atomic E-state index is 0.0715. The maximum Gasteiger partial charge on any atom is 0.180 e. The molecule has 0 aliphatic carbocycles. The van der Waals surface area contributed by atoms with E-state index in [4.69, 9.17) is 4.52 Å². The molecule has 0 fully saturated rings. The lowest BCUT2D eigenvalue weighted by Crippen LogP contribution is -2.06. The maximum absolute atomic E-state index is 12.8. The molecule has 0 unspecified atom stereocenters. The van der Waals surface area contributed by atoms with Crippen molar-refractivity contribution in [1.82, 2.24) is 19.1 Å². The van der Waals surface area contributed by atoms with Crippen LogP contribution in [0.3, 0.4) is 0 Å². The van der Waals surface area contributed by atoms with Crippen molar-refractivity contribution in [2.75, 3.05) is 5.75 Å². The van der Waals surface area contributed by atoms with Crippen LogP contribution in [0.5, 0.6) is 0 Å². The maximum atomic E-state index is 12.8. The molecule has 7 heteroatoms. The third-order valence-electron chi connectivity index (χ3n) is 4.31. The Labute approximate surface area is 154 Å². The fraction of sp³-hybridized carbons (Fsp3) is 0.211. The van der Waals surface area contributed by atoms with Gasteiger partial charge < -0.3 is 4.52 Å². The Morgan fingerprint density at radius 2 is 2.08 bits per heavy atom. The highest BCUT2D eigenvalue weighted by molar-refractivity contribution is 7.99. The van der Waals surface area contributed by atoms with Crippen molar-refractivity contribution in [3.05, 3.63) is 65.4 Å². The van der Waals surface area contributed by atoms with Gasteiger partial charge in [0.05, 0.1) is 17.5 Å². The standard InChI is InChI=1S/C19H18N4O2S/c1-12-8-16(14(3)23(12)18-9-13(2)25-21-18)17(24)11-26-19-20-10-15-6-4-5-7-22(15)19/h4-10H,11H2,1-3H3. The third-order valence-corrected chi connectivity index (χ3v) is 5.28. The molecule has 0 radical (unpaired) electrons. The van der Waals surface area contributed by atoms with E-state index in [0.29, 0.717) is 17.1 Å². The van der Waals surface area contributed by atoms with Crippen LogP contribution in [0.25, 0.3) is 11.3 Å². The normalized spacial score (nSPS) is 11.3. The molecule has 0 aliphatic heterocycles. The molecule has 0 amide bonds. The Morgan fingerprint density at radius 3 is 2.85 bits per heavy atom. The van der Waals surface area contributed by atoms with Crippen LogP contribution >= 0.6 is 11.8 Å². The SMILES string of the molecule is Cc1cc(-n2c(C)cc(C(=O)CSc3ncc4ccccn34)c2C)no1. The number of pyridine rings is 1. The summed E-state index contributed by atoms with van der Waals surface area (Å²) in [5.74, 6) is 1.84. The van der Waals surface area contributed by atoms with Crippen molar-refractivity contribution >= 4 is 23.1 Å². The lowest BCUT2D eigenvalue weighted by molar-refractivity contribution is 0.102. The predicted octanol–water partition coefficient (Wildman–Crippen LogP) is 4.01. The Bertz CT molecular complexity index is 1110. The molecule has 0 aliphatic rings. The van der Waals surface area contributed by atoms with Crippen molar-refractivity contribution in [3.63, 3.8) is 0 Å². The van der Waals surface area contributed by atoms with Crippen molar-refractivity contribution in [2.24, 2.45) is 0 Å². The number of Topliss-reactive ketones (excluding diaryl/α,β-unsaturated/α-hetero) is 1. The van der Waals surface area contributed by atoms with Crippen LogP contribution in [0.15, 0.2) is 52.4 Å². The second kappa shape index (κ2) is 6.49. The smallest absolute Gasteiger partial charge is 0.180 e. The first-order chi connectivity index (χ1) is 12.5. The Morgan fingerprint density at radius 1 is 1.23 bits per heavy atom. The van der Waals surface area contributed by atoms with Gasteiger partial charge >= 0.3 is 0 Å². The van der Waals surface area contributed by atoms with Gasteiger partial charge in [-0.25, -0.2) is 4.98 Å². The number of nitrogens with zero attached hydrogens (tertiary/aromatic N) is 4. The highest BCUT2D eigenvalue weighted by atomic mass is 32.2. The number of aryl methyl sites for hydroxylation is 2. The minimum absolute atomic E-state index is 0.0715. The lowest BCUT2D eigenvalue weighted by atomic mass is 10.2. The molecule has 4 aromatic rings. The Balaban J connectivity index is 1.57. The molecule has 0 atom stereocenters. The second-order valence-corrected chi connectivity index (χ2v) is 7.11. The fourth-order valence-electron chi connectivity index (χ4n) is 3.09. The molecule has 0 spiro atoms. The Kier molecular flexibility index (Phi) is 4.16. The minimum Gasteiger partial charge on any atom is -0.360 e. The molecule has 4 rings (SSSR count). The second-order valence-electron chi connectivity index (χ2n) is 6.16. The summed E-state index contributed by atoms with van der Waals surface area (Å²) < 4.78 is 9.09. The van der Waals surface area contributed by atoms with Crippen LogP contribution in [0.2, 0.25) is 0 Å². The van der Waals surface area contributed by atoms with Crippen LogP contribution in [-0.4, -0.2) is 30.6 Å². The van der Waals surface area contributed by atoms with E-state index >= 15 is 0 Å². The molecule has 132 valence electrons. The van der Waals surface area contributed by atoms with E-state index in [9.17, 15) is 4.79 Å². The molecule has 6 nitrogen and oxygen atoms in total. The zero-order chi connectivity index (χ0) is 18.3. The number of carbonyl (C=O) groups is 1. The summed E-state index contributed by atoms with van der Waals surface area (Å²) in [6.45, 7) is 5.74. The van der Waals surface area contributed by atoms with Crippen molar-refractivity contribution in [3.8, 4) is 5.82 Å². The van der Waals surface area contributed by atoms with Crippen LogP contribution in [0.1, 0.15) is 27.5 Å². The van der Waals surface area contributed by atoms with Gasteiger partial charge in [-0.15, -0.1) is 0 Å². The highest BCUT2D eigenvalue weighted by Crippen LogP contribution is 2.24. The van der Waals surface area contributed by atoms with E-state index in [2.05, 4.69) is 10.1 Å². The topological polar surface area (TPSA) is 65.3 Å². The molecule has 0 bridgehead atoms. The summed E-state index contributed by atoms with van der Waals surface area (Å²) in [7, 11) is 0. The number of imidazole rings is 1. The first kappa shape index (κ1) is 16.7. The van der Waals surface area contributed by atoms with Gasteiger partial charge in [0.1, 0.15) is 5.76 Å². The van der Waals surface area contributed by atoms with Gasteiger partial charge in [0.15, 0.2) is 16.8 Å². The van der Waals surface area contributed by atoms with E-state index < -0.39 is 0 Å².